The van der Waals surface area contributed by atoms with E-state index in [0.29, 0.717) is 25.1 Å². The lowest BCUT2D eigenvalue weighted by Gasteiger charge is -2.11. The Morgan fingerprint density at radius 1 is 1.37 bits per heavy atom. The minimum absolute atomic E-state index is 0.265. The van der Waals surface area contributed by atoms with Crippen molar-refractivity contribution >= 4 is 21.5 Å². The average Bonchev–Trinajstić information content (AvgIpc) is 2.33. The number of hydrogen-bond acceptors (Lipinski definition) is 4. The van der Waals surface area contributed by atoms with Gasteiger partial charge in [0.15, 0.2) is 9.84 Å². The van der Waals surface area contributed by atoms with Gasteiger partial charge in [-0.25, -0.2) is 8.42 Å². The van der Waals surface area contributed by atoms with Crippen molar-refractivity contribution in [1.29, 1.82) is 0 Å². The smallest absolute Gasteiger partial charge is 0.306 e. The maximum atomic E-state index is 11.6. The Labute approximate surface area is 113 Å². The average molecular weight is 285 g/mol. The molecule has 0 heterocycles. The number of anilines is 1. The number of carboxylic acid groups (broad SMARTS) is 1. The first-order valence-electron chi connectivity index (χ1n) is 6.08. The van der Waals surface area contributed by atoms with Crippen molar-refractivity contribution in [2.75, 3.05) is 18.1 Å². The van der Waals surface area contributed by atoms with Crippen LogP contribution in [-0.4, -0.2) is 32.3 Å². The van der Waals surface area contributed by atoms with E-state index in [4.69, 9.17) is 5.11 Å². The molecule has 0 amide bonds. The van der Waals surface area contributed by atoms with Gasteiger partial charge in [0.05, 0.1) is 16.5 Å². The highest BCUT2D eigenvalue weighted by molar-refractivity contribution is 7.90. The van der Waals surface area contributed by atoms with Gasteiger partial charge in [0.25, 0.3) is 0 Å². The first kappa shape index (κ1) is 15.5. The summed E-state index contributed by atoms with van der Waals surface area (Å²) in [6, 6.07) is 6.69. The summed E-state index contributed by atoms with van der Waals surface area (Å²) in [5, 5.41) is 11.8. The molecule has 0 bridgehead atoms. The fourth-order valence-corrected chi connectivity index (χ4v) is 2.56. The molecular weight excluding hydrogens is 266 g/mol. The van der Waals surface area contributed by atoms with E-state index in [-0.39, 0.29) is 10.8 Å². The second-order valence-electron chi connectivity index (χ2n) is 4.58. The Bertz CT molecular complexity index is 539. The fourth-order valence-electron chi connectivity index (χ4n) is 1.69. The van der Waals surface area contributed by atoms with Crippen LogP contribution in [-0.2, 0) is 14.6 Å². The molecule has 1 aromatic carbocycles. The minimum Gasteiger partial charge on any atom is -0.481 e. The van der Waals surface area contributed by atoms with Gasteiger partial charge in [0.2, 0.25) is 0 Å². The highest BCUT2D eigenvalue weighted by Gasteiger charge is 2.13. The molecule has 0 aliphatic carbocycles. The van der Waals surface area contributed by atoms with Crippen LogP contribution in [0.1, 0.15) is 19.8 Å². The number of aliphatic carboxylic acids is 1. The van der Waals surface area contributed by atoms with Gasteiger partial charge in [-0.1, -0.05) is 19.1 Å². The van der Waals surface area contributed by atoms with Crippen molar-refractivity contribution in [3.05, 3.63) is 24.3 Å². The molecule has 5 nitrogen and oxygen atoms in total. The Morgan fingerprint density at radius 3 is 2.58 bits per heavy atom. The molecule has 1 aromatic rings. The number of benzene rings is 1. The van der Waals surface area contributed by atoms with Gasteiger partial charge in [-0.05, 0) is 25.0 Å². The fraction of sp³-hybridized carbons (Fsp3) is 0.462. The molecule has 19 heavy (non-hydrogen) atoms. The van der Waals surface area contributed by atoms with Crippen molar-refractivity contribution < 1.29 is 18.3 Å². The summed E-state index contributed by atoms with van der Waals surface area (Å²) in [5.41, 5.74) is 0.563. The van der Waals surface area contributed by atoms with E-state index in [1.807, 2.05) is 0 Å². The van der Waals surface area contributed by atoms with Crippen molar-refractivity contribution in [3.63, 3.8) is 0 Å². The summed E-state index contributed by atoms with van der Waals surface area (Å²) < 4.78 is 23.1. The Hall–Kier alpha value is -1.56. The molecule has 1 atom stereocenters. The van der Waals surface area contributed by atoms with Crippen LogP contribution in [0.4, 0.5) is 5.69 Å². The summed E-state index contributed by atoms with van der Waals surface area (Å²) in [6.07, 6.45) is 2.40. The molecule has 6 heteroatoms. The Kier molecular flexibility index (Phi) is 5.35. The van der Waals surface area contributed by atoms with Gasteiger partial charge in [-0.3, -0.25) is 4.79 Å². The number of nitrogens with one attached hydrogen (secondary N) is 1. The SMILES string of the molecule is CC(CCCNc1ccccc1S(C)(=O)=O)C(=O)O. The van der Waals surface area contributed by atoms with Gasteiger partial charge in [0, 0.05) is 12.8 Å². The van der Waals surface area contributed by atoms with E-state index in [2.05, 4.69) is 5.32 Å². The largest absolute Gasteiger partial charge is 0.481 e. The molecule has 0 saturated carbocycles. The zero-order valence-electron chi connectivity index (χ0n) is 11.1. The van der Waals surface area contributed by atoms with E-state index < -0.39 is 15.8 Å². The number of para-hydroxylation sites is 1. The Morgan fingerprint density at radius 2 is 2.00 bits per heavy atom. The summed E-state index contributed by atoms with van der Waals surface area (Å²) in [5.74, 6) is -1.19. The molecule has 0 radical (unpaired) electrons. The highest BCUT2D eigenvalue weighted by Crippen LogP contribution is 2.20. The monoisotopic (exact) mass is 285 g/mol. The number of rotatable bonds is 7. The number of hydrogen-bond donors (Lipinski definition) is 2. The van der Waals surface area contributed by atoms with Crippen LogP contribution >= 0.6 is 0 Å². The van der Waals surface area contributed by atoms with Crippen molar-refractivity contribution in [2.45, 2.75) is 24.7 Å². The Balaban J connectivity index is 2.57. The second-order valence-corrected chi connectivity index (χ2v) is 6.56. The lowest BCUT2D eigenvalue weighted by Crippen LogP contribution is -2.12. The van der Waals surface area contributed by atoms with E-state index >= 15 is 0 Å². The lowest BCUT2D eigenvalue weighted by atomic mass is 10.1. The standard InChI is InChI=1S/C13H19NO4S/c1-10(13(15)16)6-5-9-14-11-7-3-4-8-12(11)19(2,17)18/h3-4,7-8,10,14H,5-6,9H2,1-2H3,(H,15,16). The molecule has 2 N–H and O–H groups in total. The van der Waals surface area contributed by atoms with Crippen molar-refractivity contribution in [2.24, 2.45) is 5.92 Å². The van der Waals surface area contributed by atoms with E-state index in [1.54, 1.807) is 31.2 Å². The summed E-state index contributed by atoms with van der Waals surface area (Å²) in [6.45, 7) is 2.21. The lowest BCUT2D eigenvalue weighted by molar-refractivity contribution is -0.141. The van der Waals surface area contributed by atoms with E-state index in [9.17, 15) is 13.2 Å². The molecule has 0 aromatic heterocycles. The normalized spacial score (nSPS) is 12.9. The summed E-state index contributed by atoms with van der Waals surface area (Å²) in [4.78, 5) is 10.9. The molecule has 106 valence electrons. The van der Waals surface area contributed by atoms with Crippen LogP contribution in [0, 0.1) is 5.92 Å². The van der Waals surface area contributed by atoms with Gasteiger partial charge in [-0.15, -0.1) is 0 Å². The van der Waals surface area contributed by atoms with Crippen LogP contribution in [0.15, 0.2) is 29.2 Å². The number of sulfone groups is 1. The van der Waals surface area contributed by atoms with Crippen LogP contribution in [0.2, 0.25) is 0 Å². The third-order valence-corrected chi connectivity index (χ3v) is 3.99. The summed E-state index contributed by atoms with van der Waals surface area (Å²) >= 11 is 0. The predicted octanol–water partition coefficient (Wildman–Crippen LogP) is 2.00. The molecule has 0 spiro atoms. The molecule has 1 unspecified atom stereocenters. The maximum absolute atomic E-state index is 11.6. The van der Waals surface area contributed by atoms with Gasteiger partial charge in [0.1, 0.15) is 0 Å². The van der Waals surface area contributed by atoms with E-state index in [0.717, 1.165) is 0 Å². The van der Waals surface area contributed by atoms with Crippen LogP contribution in [0.25, 0.3) is 0 Å². The highest BCUT2D eigenvalue weighted by atomic mass is 32.2. The van der Waals surface area contributed by atoms with Gasteiger partial charge in [-0.2, -0.15) is 0 Å². The third kappa shape index (κ3) is 4.90. The minimum atomic E-state index is -3.26. The zero-order chi connectivity index (χ0) is 14.5. The third-order valence-electron chi connectivity index (χ3n) is 2.84. The van der Waals surface area contributed by atoms with Gasteiger partial charge < -0.3 is 10.4 Å². The number of carbonyl (C=O) groups is 1. The van der Waals surface area contributed by atoms with Crippen LogP contribution < -0.4 is 5.32 Å². The first-order chi connectivity index (χ1) is 8.82. The van der Waals surface area contributed by atoms with Crippen molar-refractivity contribution in [3.8, 4) is 0 Å². The molecule has 1 rings (SSSR count). The maximum Gasteiger partial charge on any atom is 0.306 e. The molecule has 0 saturated heterocycles. The predicted molar refractivity (Wildman–Crippen MR) is 74.1 cm³/mol. The molecule has 0 aliphatic heterocycles. The first-order valence-corrected chi connectivity index (χ1v) is 7.97. The van der Waals surface area contributed by atoms with Gasteiger partial charge >= 0.3 is 5.97 Å². The molecule has 0 fully saturated rings. The number of carboxylic acids is 1. The quantitative estimate of drug-likeness (QED) is 0.749. The topological polar surface area (TPSA) is 83.5 Å². The zero-order valence-corrected chi connectivity index (χ0v) is 11.9. The second kappa shape index (κ2) is 6.56. The van der Waals surface area contributed by atoms with E-state index in [1.165, 1.54) is 6.26 Å². The molecular formula is C13H19NO4S. The van der Waals surface area contributed by atoms with Crippen molar-refractivity contribution in [1.82, 2.24) is 0 Å². The van der Waals surface area contributed by atoms with Crippen LogP contribution in [0.3, 0.4) is 0 Å². The summed E-state index contributed by atoms with van der Waals surface area (Å²) in [7, 11) is -3.26. The van der Waals surface area contributed by atoms with Crippen LogP contribution in [0.5, 0.6) is 0 Å². The molecule has 0 aliphatic rings.